The third-order valence-electron chi connectivity index (χ3n) is 2.17. The number of nitrogens with one attached hydrogen (secondary N) is 1. The van der Waals surface area contributed by atoms with E-state index in [1.807, 2.05) is 25.2 Å². The van der Waals surface area contributed by atoms with E-state index in [1.165, 1.54) is 5.56 Å². The molecule has 0 aliphatic heterocycles. The summed E-state index contributed by atoms with van der Waals surface area (Å²) < 4.78 is 5.17. The highest BCUT2D eigenvalue weighted by molar-refractivity contribution is 7.15. The average Bonchev–Trinajstić information content (AvgIpc) is 2.77. The van der Waals surface area contributed by atoms with Crippen LogP contribution in [0.1, 0.15) is 10.6 Å². The quantitative estimate of drug-likeness (QED) is 0.882. The summed E-state index contributed by atoms with van der Waals surface area (Å²) in [5.74, 6) is 0.871. The summed E-state index contributed by atoms with van der Waals surface area (Å²) in [6.45, 7) is 0. The highest BCUT2D eigenvalue weighted by atomic mass is 32.1. The third-order valence-corrected chi connectivity index (χ3v) is 3.11. The second-order valence-corrected chi connectivity index (χ2v) is 4.34. The van der Waals surface area contributed by atoms with Gasteiger partial charge in [-0.05, 0) is 17.7 Å². The molecule has 2 aromatic rings. The van der Waals surface area contributed by atoms with Crippen LogP contribution in [-0.2, 0) is 6.42 Å². The molecule has 0 saturated heterocycles. The Morgan fingerprint density at radius 2 is 2.25 bits per heavy atom. The van der Waals surface area contributed by atoms with Gasteiger partial charge in [0.15, 0.2) is 0 Å². The number of rotatable bonds is 4. The summed E-state index contributed by atoms with van der Waals surface area (Å²) in [4.78, 5) is 0. The number of methoxy groups -OCH3 is 1. The first-order chi connectivity index (χ1) is 7.81. The lowest BCUT2D eigenvalue weighted by Gasteiger charge is -2.01. The zero-order valence-electron chi connectivity index (χ0n) is 9.23. The monoisotopic (exact) mass is 235 g/mol. The predicted octanol–water partition coefficient (Wildman–Crippen LogP) is 2.18. The molecule has 2 rings (SSSR count). The lowest BCUT2D eigenvalue weighted by molar-refractivity contribution is 0.414. The van der Waals surface area contributed by atoms with Crippen molar-refractivity contribution in [1.29, 1.82) is 0 Å². The molecule has 5 heteroatoms. The smallest absolute Gasteiger partial charge is 0.205 e. The van der Waals surface area contributed by atoms with Gasteiger partial charge in [0.1, 0.15) is 10.8 Å². The van der Waals surface area contributed by atoms with E-state index in [-0.39, 0.29) is 0 Å². The minimum atomic E-state index is 0.788. The zero-order chi connectivity index (χ0) is 11.4. The van der Waals surface area contributed by atoms with Crippen LogP contribution in [0.3, 0.4) is 0 Å². The maximum atomic E-state index is 5.17. The highest BCUT2D eigenvalue weighted by Crippen LogP contribution is 2.20. The molecule has 0 bridgehead atoms. The van der Waals surface area contributed by atoms with Crippen molar-refractivity contribution in [3.8, 4) is 5.75 Å². The number of ether oxygens (including phenoxy) is 1. The average molecular weight is 235 g/mol. The molecule has 1 aromatic heterocycles. The molecule has 0 radical (unpaired) electrons. The Kier molecular flexibility index (Phi) is 3.36. The minimum Gasteiger partial charge on any atom is -0.497 e. The van der Waals surface area contributed by atoms with E-state index in [2.05, 4.69) is 21.6 Å². The SMILES string of the molecule is CNc1nnc(Cc2cccc(OC)c2)s1. The lowest BCUT2D eigenvalue weighted by Crippen LogP contribution is -1.89. The van der Waals surface area contributed by atoms with Gasteiger partial charge < -0.3 is 10.1 Å². The van der Waals surface area contributed by atoms with Gasteiger partial charge in [-0.3, -0.25) is 0 Å². The standard InChI is InChI=1S/C11H13N3OS/c1-12-11-14-13-10(16-11)7-8-4-3-5-9(6-8)15-2/h3-6H,7H2,1-2H3,(H,12,14). The van der Waals surface area contributed by atoms with Gasteiger partial charge in [-0.2, -0.15) is 0 Å². The van der Waals surface area contributed by atoms with Gasteiger partial charge in [0.2, 0.25) is 5.13 Å². The van der Waals surface area contributed by atoms with E-state index in [0.717, 1.165) is 22.3 Å². The van der Waals surface area contributed by atoms with E-state index in [0.29, 0.717) is 0 Å². The molecule has 16 heavy (non-hydrogen) atoms. The summed E-state index contributed by atoms with van der Waals surface area (Å²) in [7, 11) is 3.51. The Bertz CT molecular complexity index is 470. The summed E-state index contributed by atoms with van der Waals surface area (Å²) in [5.41, 5.74) is 1.18. The predicted molar refractivity (Wildman–Crippen MR) is 65.3 cm³/mol. The van der Waals surface area contributed by atoms with Gasteiger partial charge in [-0.25, -0.2) is 0 Å². The van der Waals surface area contributed by atoms with Crippen LogP contribution in [-0.4, -0.2) is 24.4 Å². The van der Waals surface area contributed by atoms with Gasteiger partial charge in [0.05, 0.1) is 7.11 Å². The van der Waals surface area contributed by atoms with Gasteiger partial charge in [0.25, 0.3) is 0 Å². The Morgan fingerprint density at radius 3 is 2.94 bits per heavy atom. The number of nitrogens with zero attached hydrogens (tertiary/aromatic N) is 2. The van der Waals surface area contributed by atoms with Gasteiger partial charge in [-0.15, -0.1) is 10.2 Å². The van der Waals surface area contributed by atoms with Crippen molar-refractivity contribution in [3.05, 3.63) is 34.8 Å². The van der Waals surface area contributed by atoms with Crippen molar-refractivity contribution < 1.29 is 4.74 Å². The molecule has 0 fully saturated rings. The molecular weight excluding hydrogens is 222 g/mol. The van der Waals surface area contributed by atoms with E-state index >= 15 is 0 Å². The number of anilines is 1. The third kappa shape index (κ3) is 2.49. The molecule has 0 spiro atoms. The molecule has 1 N–H and O–H groups in total. The fourth-order valence-electron chi connectivity index (χ4n) is 1.38. The fourth-order valence-corrected chi connectivity index (χ4v) is 2.11. The maximum Gasteiger partial charge on any atom is 0.205 e. The second kappa shape index (κ2) is 4.94. The van der Waals surface area contributed by atoms with Crippen molar-refractivity contribution in [2.45, 2.75) is 6.42 Å². The first-order valence-corrected chi connectivity index (χ1v) is 5.76. The summed E-state index contributed by atoms with van der Waals surface area (Å²) in [5, 5.41) is 12.9. The second-order valence-electron chi connectivity index (χ2n) is 3.28. The largest absolute Gasteiger partial charge is 0.497 e. The van der Waals surface area contributed by atoms with E-state index in [1.54, 1.807) is 18.4 Å². The summed E-state index contributed by atoms with van der Waals surface area (Å²) in [6, 6.07) is 7.99. The minimum absolute atomic E-state index is 0.788. The molecule has 0 aliphatic carbocycles. The lowest BCUT2D eigenvalue weighted by atomic mass is 10.1. The van der Waals surface area contributed by atoms with Gasteiger partial charge in [0, 0.05) is 13.5 Å². The number of benzene rings is 1. The summed E-state index contributed by atoms with van der Waals surface area (Å²) in [6.07, 6.45) is 0.788. The summed E-state index contributed by atoms with van der Waals surface area (Å²) >= 11 is 1.57. The topological polar surface area (TPSA) is 47.0 Å². The Hall–Kier alpha value is -1.62. The van der Waals surface area contributed by atoms with Crippen LogP contribution >= 0.6 is 11.3 Å². The van der Waals surface area contributed by atoms with Gasteiger partial charge >= 0.3 is 0 Å². The van der Waals surface area contributed by atoms with Crippen molar-refractivity contribution in [2.75, 3.05) is 19.5 Å². The molecule has 84 valence electrons. The highest BCUT2D eigenvalue weighted by Gasteiger charge is 2.04. The Balaban J connectivity index is 2.13. The molecule has 1 heterocycles. The van der Waals surface area contributed by atoms with E-state index in [9.17, 15) is 0 Å². The number of aromatic nitrogens is 2. The van der Waals surface area contributed by atoms with Crippen LogP contribution in [0.15, 0.2) is 24.3 Å². The van der Waals surface area contributed by atoms with Crippen LogP contribution < -0.4 is 10.1 Å². The van der Waals surface area contributed by atoms with Crippen LogP contribution in [0.5, 0.6) is 5.75 Å². The van der Waals surface area contributed by atoms with Crippen LogP contribution in [0.2, 0.25) is 0 Å². The zero-order valence-corrected chi connectivity index (χ0v) is 10.0. The van der Waals surface area contributed by atoms with Crippen molar-refractivity contribution in [2.24, 2.45) is 0 Å². The molecular formula is C11H13N3OS. The molecule has 4 nitrogen and oxygen atoms in total. The van der Waals surface area contributed by atoms with Crippen molar-refractivity contribution >= 4 is 16.5 Å². The van der Waals surface area contributed by atoms with Crippen LogP contribution in [0.4, 0.5) is 5.13 Å². The maximum absolute atomic E-state index is 5.17. The van der Waals surface area contributed by atoms with E-state index < -0.39 is 0 Å². The number of hydrogen-bond donors (Lipinski definition) is 1. The first-order valence-electron chi connectivity index (χ1n) is 4.95. The van der Waals surface area contributed by atoms with Crippen LogP contribution in [0.25, 0.3) is 0 Å². The normalized spacial score (nSPS) is 10.1. The van der Waals surface area contributed by atoms with Crippen LogP contribution in [0, 0.1) is 0 Å². The molecule has 0 saturated carbocycles. The van der Waals surface area contributed by atoms with Gasteiger partial charge in [-0.1, -0.05) is 23.5 Å². The van der Waals surface area contributed by atoms with Crippen molar-refractivity contribution in [3.63, 3.8) is 0 Å². The van der Waals surface area contributed by atoms with Crippen molar-refractivity contribution in [1.82, 2.24) is 10.2 Å². The molecule has 0 atom stereocenters. The molecule has 1 aromatic carbocycles. The Labute approximate surface area is 98.3 Å². The first kappa shape index (κ1) is 10.9. The fraction of sp³-hybridized carbons (Fsp3) is 0.273. The van der Waals surface area contributed by atoms with E-state index in [4.69, 9.17) is 4.74 Å². The molecule has 0 unspecified atom stereocenters. The molecule has 0 amide bonds. The number of hydrogen-bond acceptors (Lipinski definition) is 5. The Morgan fingerprint density at radius 1 is 1.38 bits per heavy atom. The molecule has 0 aliphatic rings.